The van der Waals surface area contributed by atoms with Crippen molar-refractivity contribution in [3.63, 3.8) is 0 Å². The lowest BCUT2D eigenvalue weighted by molar-refractivity contribution is 0.599. The van der Waals surface area contributed by atoms with Crippen LogP contribution in [0.4, 0.5) is 0 Å². The Kier molecular flexibility index (Phi) is 3.97. The van der Waals surface area contributed by atoms with E-state index in [4.69, 9.17) is 5.73 Å². The highest BCUT2D eigenvalue weighted by Crippen LogP contribution is 2.10. The number of rotatable bonds is 4. The standard InChI is InChI=1S/C12H19N/c1-3-6-12(13)9-11-8-5-4-7-10(11)2/h4-5,7-8,12H,3,6,9,13H2,1-2H3. The Morgan fingerprint density at radius 1 is 1.31 bits per heavy atom. The van der Waals surface area contributed by atoms with Gasteiger partial charge in [-0.25, -0.2) is 0 Å². The van der Waals surface area contributed by atoms with E-state index in [1.807, 2.05) is 0 Å². The summed E-state index contributed by atoms with van der Waals surface area (Å²) in [5.74, 6) is 0. The first-order valence-corrected chi connectivity index (χ1v) is 5.04. The van der Waals surface area contributed by atoms with Gasteiger partial charge in [0.15, 0.2) is 0 Å². The van der Waals surface area contributed by atoms with Gasteiger partial charge in [0.25, 0.3) is 0 Å². The number of benzene rings is 1. The van der Waals surface area contributed by atoms with E-state index in [2.05, 4.69) is 38.1 Å². The van der Waals surface area contributed by atoms with Crippen molar-refractivity contribution in [3.8, 4) is 0 Å². The number of nitrogens with two attached hydrogens (primary N) is 1. The molecule has 0 bridgehead atoms. The van der Waals surface area contributed by atoms with Crippen LogP contribution in [0, 0.1) is 6.92 Å². The maximum absolute atomic E-state index is 5.99. The van der Waals surface area contributed by atoms with E-state index < -0.39 is 0 Å². The lowest BCUT2D eigenvalue weighted by atomic mass is 9.99. The maximum atomic E-state index is 5.99. The molecule has 0 aromatic heterocycles. The molecule has 0 radical (unpaired) electrons. The van der Waals surface area contributed by atoms with Crippen LogP contribution >= 0.6 is 0 Å². The molecule has 0 fully saturated rings. The first kappa shape index (κ1) is 10.3. The molecule has 1 atom stereocenters. The van der Waals surface area contributed by atoms with Crippen LogP contribution in [0.15, 0.2) is 24.3 Å². The Labute approximate surface area is 81.0 Å². The molecule has 0 saturated heterocycles. The van der Waals surface area contributed by atoms with Gasteiger partial charge in [-0.05, 0) is 30.9 Å². The summed E-state index contributed by atoms with van der Waals surface area (Å²) in [7, 11) is 0. The normalized spacial score (nSPS) is 12.8. The zero-order valence-corrected chi connectivity index (χ0v) is 8.59. The van der Waals surface area contributed by atoms with E-state index in [0.717, 1.165) is 12.8 Å². The third-order valence-electron chi connectivity index (χ3n) is 2.40. The third-order valence-corrected chi connectivity index (χ3v) is 2.40. The van der Waals surface area contributed by atoms with Crippen LogP contribution in [0.3, 0.4) is 0 Å². The molecule has 0 spiro atoms. The Hall–Kier alpha value is -0.820. The van der Waals surface area contributed by atoms with Crippen LogP contribution in [0.5, 0.6) is 0 Å². The molecule has 13 heavy (non-hydrogen) atoms. The van der Waals surface area contributed by atoms with Gasteiger partial charge in [-0.1, -0.05) is 37.6 Å². The van der Waals surface area contributed by atoms with Crippen LogP contribution in [0.2, 0.25) is 0 Å². The van der Waals surface area contributed by atoms with E-state index in [1.54, 1.807) is 0 Å². The van der Waals surface area contributed by atoms with Crippen molar-refractivity contribution in [1.29, 1.82) is 0 Å². The smallest absolute Gasteiger partial charge is 0.00793 e. The monoisotopic (exact) mass is 177 g/mol. The summed E-state index contributed by atoms with van der Waals surface area (Å²) in [6.45, 7) is 4.33. The van der Waals surface area contributed by atoms with Gasteiger partial charge in [0.05, 0.1) is 0 Å². The maximum Gasteiger partial charge on any atom is 0.00793 e. The van der Waals surface area contributed by atoms with Gasteiger partial charge in [0, 0.05) is 6.04 Å². The summed E-state index contributed by atoms with van der Waals surface area (Å²) in [4.78, 5) is 0. The molecular weight excluding hydrogens is 158 g/mol. The summed E-state index contributed by atoms with van der Waals surface area (Å²) < 4.78 is 0. The fourth-order valence-electron chi connectivity index (χ4n) is 1.59. The Morgan fingerprint density at radius 3 is 2.62 bits per heavy atom. The van der Waals surface area contributed by atoms with E-state index in [9.17, 15) is 0 Å². The molecule has 72 valence electrons. The molecule has 0 aliphatic rings. The van der Waals surface area contributed by atoms with Crippen LogP contribution in [-0.4, -0.2) is 6.04 Å². The lowest BCUT2D eigenvalue weighted by Crippen LogP contribution is -2.22. The number of hydrogen-bond acceptors (Lipinski definition) is 1. The van der Waals surface area contributed by atoms with Crippen LogP contribution in [0.25, 0.3) is 0 Å². The predicted octanol–water partition coefficient (Wildman–Crippen LogP) is 2.66. The summed E-state index contributed by atoms with van der Waals surface area (Å²) in [6, 6.07) is 8.80. The molecule has 1 aromatic rings. The molecule has 0 saturated carbocycles. The molecule has 1 heteroatoms. The van der Waals surface area contributed by atoms with Gasteiger partial charge in [-0.15, -0.1) is 0 Å². The second kappa shape index (κ2) is 5.03. The minimum atomic E-state index is 0.325. The van der Waals surface area contributed by atoms with Gasteiger partial charge in [0.2, 0.25) is 0 Å². The molecule has 0 aliphatic heterocycles. The van der Waals surface area contributed by atoms with Crippen molar-refractivity contribution < 1.29 is 0 Å². The second-order valence-corrected chi connectivity index (χ2v) is 3.68. The molecule has 1 unspecified atom stereocenters. The lowest BCUT2D eigenvalue weighted by Gasteiger charge is -2.11. The van der Waals surface area contributed by atoms with Gasteiger partial charge < -0.3 is 5.73 Å². The molecule has 1 aromatic carbocycles. The number of aryl methyl sites for hydroxylation is 1. The van der Waals surface area contributed by atoms with Crippen molar-refractivity contribution in [1.82, 2.24) is 0 Å². The zero-order valence-electron chi connectivity index (χ0n) is 8.59. The third kappa shape index (κ3) is 3.19. The summed E-state index contributed by atoms with van der Waals surface area (Å²) in [5, 5.41) is 0. The highest BCUT2D eigenvalue weighted by Gasteiger charge is 2.03. The summed E-state index contributed by atoms with van der Waals surface area (Å²) >= 11 is 0. The average Bonchev–Trinajstić information content (AvgIpc) is 2.09. The van der Waals surface area contributed by atoms with Crippen LogP contribution < -0.4 is 5.73 Å². The molecule has 1 nitrogen and oxygen atoms in total. The Bertz CT molecular complexity index is 255. The quantitative estimate of drug-likeness (QED) is 0.751. The minimum absolute atomic E-state index is 0.325. The fourth-order valence-corrected chi connectivity index (χ4v) is 1.59. The molecule has 2 N–H and O–H groups in total. The van der Waals surface area contributed by atoms with Gasteiger partial charge in [0.1, 0.15) is 0 Å². The molecule has 0 amide bonds. The fraction of sp³-hybridized carbons (Fsp3) is 0.500. The van der Waals surface area contributed by atoms with E-state index in [0.29, 0.717) is 6.04 Å². The first-order valence-electron chi connectivity index (χ1n) is 5.04. The highest BCUT2D eigenvalue weighted by molar-refractivity contribution is 5.26. The minimum Gasteiger partial charge on any atom is -0.327 e. The summed E-state index contributed by atoms with van der Waals surface area (Å²) in [6.07, 6.45) is 3.31. The van der Waals surface area contributed by atoms with Crippen molar-refractivity contribution in [2.75, 3.05) is 0 Å². The predicted molar refractivity (Wildman–Crippen MR) is 57.8 cm³/mol. The van der Waals surface area contributed by atoms with Gasteiger partial charge >= 0.3 is 0 Å². The molecule has 1 rings (SSSR count). The zero-order chi connectivity index (χ0) is 9.68. The van der Waals surface area contributed by atoms with Crippen molar-refractivity contribution in [3.05, 3.63) is 35.4 Å². The summed E-state index contributed by atoms with van der Waals surface area (Å²) in [5.41, 5.74) is 8.73. The average molecular weight is 177 g/mol. The van der Waals surface area contributed by atoms with Crippen LogP contribution in [-0.2, 0) is 6.42 Å². The van der Waals surface area contributed by atoms with Crippen molar-refractivity contribution >= 4 is 0 Å². The first-order chi connectivity index (χ1) is 6.24. The molecule has 0 heterocycles. The van der Waals surface area contributed by atoms with Crippen molar-refractivity contribution in [2.24, 2.45) is 5.73 Å². The Balaban J connectivity index is 2.58. The largest absolute Gasteiger partial charge is 0.327 e. The SMILES string of the molecule is CCCC(N)Cc1ccccc1C. The van der Waals surface area contributed by atoms with Gasteiger partial charge in [-0.3, -0.25) is 0 Å². The van der Waals surface area contributed by atoms with E-state index in [-0.39, 0.29) is 0 Å². The van der Waals surface area contributed by atoms with Crippen molar-refractivity contribution in [2.45, 2.75) is 39.2 Å². The van der Waals surface area contributed by atoms with Crippen LogP contribution in [0.1, 0.15) is 30.9 Å². The Morgan fingerprint density at radius 2 is 2.00 bits per heavy atom. The topological polar surface area (TPSA) is 26.0 Å². The molecular formula is C12H19N. The van der Waals surface area contributed by atoms with Gasteiger partial charge in [-0.2, -0.15) is 0 Å². The van der Waals surface area contributed by atoms with E-state index in [1.165, 1.54) is 17.5 Å². The highest BCUT2D eigenvalue weighted by atomic mass is 14.6. The second-order valence-electron chi connectivity index (χ2n) is 3.68. The number of hydrogen-bond donors (Lipinski definition) is 1. The molecule has 0 aliphatic carbocycles. The van der Waals surface area contributed by atoms with E-state index >= 15 is 0 Å².